The van der Waals surface area contributed by atoms with Crippen molar-refractivity contribution in [1.82, 2.24) is 4.98 Å². The smallest absolute Gasteiger partial charge is 0.120 e. The molecule has 0 aliphatic rings. The molecule has 0 aliphatic carbocycles. The number of unbranched alkanes of at least 4 members (excludes halogenated alkanes) is 1. The number of nitrogens with two attached hydrogens (primary N) is 1. The van der Waals surface area contributed by atoms with Crippen LogP contribution in [0, 0.1) is 12.8 Å². The first kappa shape index (κ1) is 15.8. The number of hydrogen-bond acceptors (Lipinski definition) is 3. The topological polar surface area (TPSA) is 48.1 Å². The lowest BCUT2D eigenvalue weighted by atomic mass is 10.0. The van der Waals surface area contributed by atoms with E-state index in [2.05, 4.69) is 39.0 Å². The molecular weight excluding hydrogens is 260 g/mol. The van der Waals surface area contributed by atoms with Gasteiger partial charge in [0.25, 0.3) is 0 Å². The first-order valence-corrected chi connectivity index (χ1v) is 7.87. The van der Waals surface area contributed by atoms with Crippen LogP contribution in [0.15, 0.2) is 24.3 Å². The van der Waals surface area contributed by atoms with Crippen molar-refractivity contribution in [1.29, 1.82) is 0 Å². The van der Waals surface area contributed by atoms with E-state index in [1.54, 1.807) is 0 Å². The summed E-state index contributed by atoms with van der Waals surface area (Å²) in [6.45, 7) is 7.94. The normalized spacial score (nSPS) is 12.6. The first-order valence-electron chi connectivity index (χ1n) is 7.87. The van der Waals surface area contributed by atoms with Gasteiger partial charge in [0.2, 0.25) is 0 Å². The predicted molar refractivity (Wildman–Crippen MR) is 88.8 cm³/mol. The van der Waals surface area contributed by atoms with Crippen LogP contribution in [0.5, 0.6) is 5.75 Å². The summed E-state index contributed by atoms with van der Waals surface area (Å²) in [6.07, 6.45) is 3.17. The highest BCUT2D eigenvalue weighted by molar-refractivity contribution is 5.83. The molecule has 21 heavy (non-hydrogen) atoms. The first-order chi connectivity index (χ1) is 10.1. The minimum atomic E-state index is 0.464. The number of ether oxygens (including phenoxy) is 1. The fraction of sp³-hybridized carbons (Fsp3) is 0.500. The van der Waals surface area contributed by atoms with Crippen molar-refractivity contribution in [3.63, 3.8) is 0 Å². The van der Waals surface area contributed by atoms with Gasteiger partial charge < -0.3 is 10.5 Å². The average Bonchev–Trinajstić information content (AvgIpc) is 2.48. The molecule has 0 amide bonds. The molecule has 1 aromatic carbocycles. The summed E-state index contributed by atoms with van der Waals surface area (Å²) in [5, 5.41) is 1.17. The van der Waals surface area contributed by atoms with Gasteiger partial charge in [-0.2, -0.15) is 0 Å². The van der Waals surface area contributed by atoms with Gasteiger partial charge in [-0.25, -0.2) is 0 Å². The van der Waals surface area contributed by atoms with Gasteiger partial charge in [0.15, 0.2) is 0 Å². The van der Waals surface area contributed by atoms with E-state index in [0.29, 0.717) is 12.5 Å². The van der Waals surface area contributed by atoms with Crippen molar-refractivity contribution in [3.8, 4) is 5.75 Å². The maximum absolute atomic E-state index is 5.78. The van der Waals surface area contributed by atoms with Crippen molar-refractivity contribution >= 4 is 10.9 Å². The predicted octanol–water partition coefficient (Wildman–Crippen LogP) is 3.86. The average molecular weight is 286 g/mol. The zero-order chi connectivity index (χ0) is 15.2. The standard InChI is InChI=1S/C18H26N2O/c1-4-5-8-21-16-6-7-18-17(11-16)14(3)10-15(20-18)9-13(2)12-19/h6-7,10-11,13H,4-5,8-9,12,19H2,1-3H3. The van der Waals surface area contributed by atoms with E-state index < -0.39 is 0 Å². The minimum Gasteiger partial charge on any atom is -0.494 e. The van der Waals surface area contributed by atoms with Gasteiger partial charge in [-0.3, -0.25) is 4.98 Å². The van der Waals surface area contributed by atoms with Crippen LogP contribution in [-0.4, -0.2) is 18.1 Å². The highest BCUT2D eigenvalue weighted by Gasteiger charge is 2.07. The number of rotatable bonds is 7. The number of aromatic nitrogens is 1. The summed E-state index contributed by atoms with van der Waals surface area (Å²) in [6, 6.07) is 8.34. The molecule has 0 aliphatic heterocycles. The van der Waals surface area contributed by atoms with Crippen molar-refractivity contribution in [2.75, 3.05) is 13.2 Å². The van der Waals surface area contributed by atoms with Crippen LogP contribution in [-0.2, 0) is 6.42 Å². The van der Waals surface area contributed by atoms with Gasteiger partial charge in [-0.15, -0.1) is 0 Å². The van der Waals surface area contributed by atoms with E-state index >= 15 is 0 Å². The lowest BCUT2D eigenvalue weighted by molar-refractivity contribution is 0.310. The molecule has 2 rings (SSSR count). The van der Waals surface area contributed by atoms with Gasteiger partial charge in [0.1, 0.15) is 5.75 Å². The summed E-state index contributed by atoms with van der Waals surface area (Å²) in [5.41, 5.74) is 9.12. The third-order valence-corrected chi connectivity index (χ3v) is 3.77. The Morgan fingerprint density at radius 2 is 2.10 bits per heavy atom. The van der Waals surface area contributed by atoms with E-state index in [1.807, 2.05) is 6.07 Å². The second-order valence-electron chi connectivity index (χ2n) is 5.86. The summed E-state index contributed by atoms with van der Waals surface area (Å²) in [7, 11) is 0. The van der Waals surface area contributed by atoms with Crippen LogP contribution in [0.2, 0.25) is 0 Å². The Morgan fingerprint density at radius 3 is 2.81 bits per heavy atom. The Hall–Kier alpha value is -1.61. The van der Waals surface area contributed by atoms with E-state index in [0.717, 1.165) is 42.8 Å². The molecule has 114 valence electrons. The van der Waals surface area contributed by atoms with Gasteiger partial charge in [-0.05, 0) is 62.1 Å². The molecule has 0 saturated heterocycles. The molecule has 2 aromatic rings. The quantitative estimate of drug-likeness (QED) is 0.786. The van der Waals surface area contributed by atoms with Crippen LogP contribution in [0.1, 0.15) is 37.9 Å². The van der Waals surface area contributed by atoms with Gasteiger partial charge in [0.05, 0.1) is 12.1 Å². The zero-order valence-corrected chi connectivity index (χ0v) is 13.4. The SMILES string of the molecule is CCCCOc1ccc2nc(CC(C)CN)cc(C)c2c1. The van der Waals surface area contributed by atoms with Crippen LogP contribution < -0.4 is 10.5 Å². The van der Waals surface area contributed by atoms with Crippen molar-refractivity contribution in [3.05, 3.63) is 35.5 Å². The van der Waals surface area contributed by atoms with E-state index in [-0.39, 0.29) is 0 Å². The van der Waals surface area contributed by atoms with Gasteiger partial charge in [0, 0.05) is 11.1 Å². The second kappa shape index (κ2) is 7.41. The molecule has 0 bridgehead atoms. The fourth-order valence-electron chi connectivity index (χ4n) is 2.41. The zero-order valence-electron chi connectivity index (χ0n) is 13.4. The second-order valence-corrected chi connectivity index (χ2v) is 5.86. The summed E-state index contributed by atoms with van der Waals surface area (Å²) in [5.74, 6) is 1.40. The molecule has 0 spiro atoms. The number of fused-ring (bicyclic) bond motifs is 1. The Balaban J connectivity index is 2.23. The fourth-order valence-corrected chi connectivity index (χ4v) is 2.41. The van der Waals surface area contributed by atoms with Crippen LogP contribution >= 0.6 is 0 Å². The summed E-state index contributed by atoms with van der Waals surface area (Å²) >= 11 is 0. The molecule has 1 heterocycles. The molecule has 3 heteroatoms. The number of pyridine rings is 1. The lowest BCUT2D eigenvalue weighted by Gasteiger charge is -2.12. The monoisotopic (exact) mass is 286 g/mol. The molecule has 3 nitrogen and oxygen atoms in total. The van der Waals surface area contributed by atoms with Crippen LogP contribution in [0.3, 0.4) is 0 Å². The highest BCUT2D eigenvalue weighted by Crippen LogP contribution is 2.24. The number of aryl methyl sites for hydroxylation is 1. The molecule has 0 radical (unpaired) electrons. The van der Waals surface area contributed by atoms with Crippen molar-refractivity contribution < 1.29 is 4.74 Å². The minimum absolute atomic E-state index is 0.464. The summed E-state index contributed by atoms with van der Waals surface area (Å²) in [4.78, 5) is 4.75. The van der Waals surface area contributed by atoms with Gasteiger partial charge >= 0.3 is 0 Å². The van der Waals surface area contributed by atoms with E-state index in [1.165, 1.54) is 10.9 Å². The molecule has 0 fully saturated rings. The van der Waals surface area contributed by atoms with Crippen LogP contribution in [0.25, 0.3) is 10.9 Å². The number of benzene rings is 1. The maximum atomic E-state index is 5.78. The molecule has 2 N–H and O–H groups in total. The molecular formula is C18H26N2O. The number of hydrogen-bond donors (Lipinski definition) is 1. The lowest BCUT2D eigenvalue weighted by Crippen LogP contribution is -2.14. The van der Waals surface area contributed by atoms with Gasteiger partial charge in [-0.1, -0.05) is 20.3 Å². The Kier molecular flexibility index (Phi) is 5.57. The number of nitrogens with zero attached hydrogens (tertiary/aromatic N) is 1. The Morgan fingerprint density at radius 1 is 1.29 bits per heavy atom. The molecule has 0 saturated carbocycles. The van der Waals surface area contributed by atoms with Crippen LogP contribution in [0.4, 0.5) is 0 Å². The highest BCUT2D eigenvalue weighted by atomic mass is 16.5. The largest absolute Gasteiger partial charge is 0.494 e. The Labute approximate surface area is 127 Å². The third-order valence-electron chi connectivity index (χ3n) is 3.77. The molecule has 1 atom stereocenters. The maximum Gasteiger partial charge on any atom is 0.120 e. The molecule has 1 aromatic heterocycles. The van der Waals surface area contributed by atoms with E-state index in [4.69, 9.17) is 15.5 Å². The van der Waals surface area contributed by atoms with Crippen molar-refractivity contribution in [2.24, 2.45) is 11.7 Å². The van der Waals surface area contributed by atoms with Crippen molar-refractivity contribution in [2.45, 2.75) is 40.0 Å². The Bertz CT molecular complexity index is 595. The summed E-state index contributed by atoms with van der Waals surface area (Å²) < 4.78 is 5.78. The van der Waals surface area contributed by atoms with E-state index in [9.17, 15) is 0 Å². The molecule has 1 unspecified atom stereocenters. The third kappa shape index (κ3) is 4.18.